The largest absolute Gasteiger partial charge is 0.229 e. The van der Waals surface area contributed by atoms with Gasteiger partial charge in [-0.1, -0.05) is 29.8 Å². The summed E-state index contributed by atoms with van der Waals surface area (Å²) < 4.78 is 49.1. The molecule has 112 valence electrons. The standard InChI is InChI=1S/C13H19NO4S2/c1-11-3-2-4-12(7-11)10-20(17,18)14-8-13-5-6-19(15,16)9-13/h2-4,7,13-14H,5-6,8-10H2,1H3/t13-/m0/s1. The van der Waals surface area contributed by atoms with Gasteiger partial charge < -0.3 is 0 Å². The van der Waals surface area contributed by atoms with Gasteiger partial charge in [-0.05, 0) is 24.8 Å². The Morgan fingerprint density at radius 2 is 2.10 bits per heavy atom. The summed E-state index contributed by atoms with van der Waals surface area (Å²) in [5.74, 6) is 0.0676. The van der Waals surface area contributed by atoms with E-state index in [9.17, 15) is 16.8 Å². The molecule has 0 aromatic heterocycles. The lowest BCUT2D eigenvalue weighted by Gasteiger charge is -2.10. The Kier molecular flexibility index (Phi) is 4.51. The number of rotatable bonds is 5. The van der Waals surface area contributed by atoms with Gasteiger partial charge in [0.05, 0.1) is 17.3 Å². The summed E-state index contributed by atoms with van der Waals surface area (Å²) in [5, 5.41) is 0. The average molecular weight is 317 g/mol. The van der Waals surface area contributed by atoms with E-state index in [1.165, 1.54) is 0 Å². The lowest BCUT2D eigenvalue weighted by Crippen LogP contribution is -2.30. The van der Waals surface area contributed by atoms with Crippen LogP contribution in [0.2, 0.25) is 0 Å². The molecule has 2 rings (SSSR count). The van der Waals surface area contributed by atoms with E-state index in [0.29, 0.717) is 6.42 Å². The lowest BCUT2D eigenvalue weighted by atomic mass is 10.1. The molecular weight excluding hydrogens is 298 g/mol. The third-order valence-corrected chi connectivity index (χ3v) is 6.51. The minimum Gasteiger partial charge on any atom is -0.229 e. The SMILES string of the molecule is Cc1cccc(CS(=O)(=O)NC[C@@H]2CCS(=O)(=O)C2)c1. The van der Waals surface area contributed by atoms with Crippen LogP contribution in [0.15, 0.2) is 24.3 Å². The maximum absolute atomic E-state index is 12.0. The predicted molar refractivity (Wildman–Crippen MR) is 78.6 cm³/mol. The van der Waals surface area contributed by atoms with E-state index in [4.69, 9.17) is 0 Å². The van der Waals surface area contributed by atoms with Crippen molar-refractivity contribution in [2.45, 2.75) is 19.1 Å². The van der Waals surface area contributed by atoms with E-state index in [1.807, 2.05) is 25.1 Å². The van der Waals surface area contributed by atoms with Crippen molar-refractivity contribution in [3.63, 3.8) is 0 Å². The molecule has 0 aliphatic carbocycles. The number of nitrogens with one attached hydrogen (secondary N) is 1. The number of sulfonamides is 1. The third kappa shape index (κ3) is 4.57. The molecule has 0 saturated carbocycles. The van der Waals surface area contributed by atoms with E-state index >= 15 is 0 Å². The number of sulfone groups is 1. The van der Waals surface area contributed by atoms with E-state index in [2.05, 4.69) is 4.72 Å². The van der Waals surface area contributed by atoms with Crippen molar-refractivity contribution < 1.29 is 16.8 Å². The predicted octanol–water partition coefficient (Wildman–Crippen LogP) is 0.849. The van der Waals surface area contributed by atoms with E-state index < -0.39 is 19.9 Å². The highest BCUT2D eigenvalue weighted by atomic mass is 32.2. The summed E-state index contributed by atoms with van der Waals surface area (Å²) in [7, 11) is -6.38. The first-order valence-corrected chi connectivity index (χ1v) is 9.96. The van der Waals surface area contributed by atoms with Crippen molar-refractivity contribution >= 4 is 19.9 Å². The molecule has 0 unspecified atom stereocenters. The first-order valence-electron chi connectivity index (χ1n) is 6.49. The van der Waals surface area contributed by atoms with Crippen molar-refractivity contribution in [2.24, 2.45) is 5.92 Å². The topological polar surface area (TPSA) is 80.3 Å². The number of hydrogen-bond donors (Lipinski definition) is 1. The van der Waals surface area contributed by atoms with Crippen LogP contribution in [0.4, 0.5) is 0 Å². The Bertz CT molecular complexity index is 680. The molecule has 1 fully saturated rings. The number of aryl methyl sites for hydroxylation is 1. The smallest absolute Gasteiger partial charge is 0.215 e. The molecule has 1 N–H and O–H groups in total. The van der Waals surface area contributed by atoms with Crippen molar-refractivity contribution in [3.8, 4) is 0 Å². The fourth-order valence-corrected chi connectivity index (χ4v) is 5.42. The maximum atomic E-state index is 12.0. The molecule has 5 nitrogen and oxygen atoms in total. The molecule has 1 heterocycles. The van der Waals surface area contributed by atoms with Gasteiger partial charge in [-0.25, -0.2) is 21.6 Å². The van der Waals surface area contributed by atoms with E-state index in [-0.39, 0.29) is 29.7 Å². The first-order chi connectivity index (χ1) is 9.26. The van der Waals surface area contributed by atoms with Crippen molar-refractivity contribution in [3.05, 3.63) is 35.4 Å². The Morgan fingerprint density at radius 3 is 2.70 bits per heavy atom. The molecule has 0 amide bonds. The van der Waals surface area contributed by atoms with Crippen LogP contribution in [0, 0.1) is 12.8 Å². The second-order valence-corrected chi connectivity index (χ2v) is 9.40. The van der Waals surface area contributed by atoms with Crippen molar-refractivity contribution in [2.75, 3.05) is 18.1 Å². The summed E-state index contributed by atoms with van der Waals surface area (Å²) in [4.78, 5) is 0. The fraction of sp³-hybridized carbons (Fsp3) is 0.538. The van der Waals surface area contributed by atoms with Gasteiger partial charge in [0.25, 0.3) is 0 Å². The molecule has 1 saturated heterocycles. The molecule has 0 bridgehead atoms. The molecule has 20 heavy (non-hydrogen) atoms. The molecule has 1 aliphatic rings. The average Bonchev–Trinajstić information content (AvgIpc) is 2.66. The molecular formula is C13H19NO4S2. The molecule has 1 aromatic carbocycles. The van der Waals surface area contributed by atoms with Gasteiger partial charge in [0, 0.05) is 6.54 Å². The van der Waals surface area contributed by atoms with Gasteiger partial charge in [0.2, 0.25) is 10.0 Å². The molecule has 7 heteroatoms. The quantitative estimate of drug-likeness (QED) is 0.873. The fourth-order valence-electron chi connectivity index (χ4n) is 2.35. The molecule has 0 radical (unpaired) electrons. The van der Waals surface area contributed by atoms with Crippen LogP contribution in [-0.4, -0.2) is 34.9 Å². The summed E-state index contributed by atoms with van der Waals surface area (Å²) in [6.07, 6.45) is 0.537. The van der Waals surface area contributed by atoms with Gasteiger partial charge in [-0.3, -0.25) is 0 Å². The van der Waals surface area contributed by atoms with E-state index in [1.54, 1.807) is 6.07 Å². The second kappa shape index (κ2) is 5.83. The van der Waals surface area contributed by atoms with Crippen LogP contribution in [0.3, 0.4) is 0 Å². The zero-order valence-corrected chi connectivity index (χ0v) is 13.0. The van der Waals surface area contributed by atoms with Gasteiger partial charge in [-0.2, -0.15) is 0 Å². The maximum Gasteiger partial charge on any atom is 0.215 e. The monoisotopic (exact) mass is 317 g/mol. The lowest BCUT2D eigenvalue weighted by molar-refractivity contribution is 0.542. The summed E-state index contributed by atoms with van der Waals surface area (Å²) in [6, 6.07) is 7.34. The zero-order chi connectivity index (χ0) is 14.8. The summed E-state index contributed by atoms with van der Waals surface area (Å²) in [5.41, 5.74) is 1.75. The highest BCUT2D eigenvalue weighted by Gasteiger charge is 2.28. The first kappa shape index (κ1) is 15.5. The Labute approximate surface area is 120 Å². The molecule has 1 aliphatic heterocycles. The highest BCUT2D eigenvalue weighted by Crippen LogP contribution is 2.18. The Hall–Kier alpha value is -0.920. The van der Waals surface area contributed by atoms with Crippen LogP contribution in [0.5, 0.6) is 0 Å². The minimum absolute atomic E-state index is 0.0752. The Balaban J connectivity index is 1.92. The van der Waals surface area contributed by atoms with Gasteiger partial charge in [-0.15, -0.1) is 0 Å². The second-order valence-electron chi connectivity index (χ2n) is 5.37. The van der Waals surface area contributed by atoms with Gasteiger partial charge in [0.1, 0.15) is 0 Å². The van der Waals surface area contributed by atoms with Gasteiger partial charge in [0.15, 0.2) is 9.84 Å². The third-order valence-electron chi connectivity index (χ3n) is 3.36. The van der Waals surface area contributed by atoms with Crippen LogP contribution in [0.1, 0.15) is 17.5 Å². The number of benzene rings is 1. The summed E-state index contributed by atoms with van der Waals surface area (Å²) >= 11 is 0. The van der Waals surface area contributed by atoms with E-state index in [0.717, 1.165) is 11.1 Å². The van der Waals surface area contributed by atoms with Crippen LogP contribution in [-0.2, 0) is 25.6 Å². The normalized spacial score (nSPS) is 21.9. The number of hydrogen-bond acceptors (Lipinski definition) is 4. The zero-order valence-electron chi connectivity index (χ0n) is 11.4. The molecule has 1 atom stereocenters. The minimum atomic E-state index is -3.42. The van der Waals surface area contributed by atoms with Crippen molar-refractivity contribution in [1.29, 1.82) is 0 Å². The van der Waals surface area contributed by atoms with Crippen molar-refractivity contribution in [1.82, 2.24) is 4.72 Å². The van der Waals surface area contributed by atoms with Crippen LogP contribution >= 0.6 is 0 Å². The van der Waals surface area contributed by atoms with Crippen LogP contribution in [0.25, 0.3) is 0 Å². The molecule has 0 spiro atoms. The van der Waals surface area contributed by atoms with Crippen LogP contribution < -0.4 is 4.72 Å². The van der Waals surface area contributed by atoms with Gasteiger partial charge >= 0.3 is 0 Å². The summed E-state index contributed by atoms with van der Waals surface area (Å²) in [6.45, 7) is 2.11. The molecule has 1 aromatic rings. The highest BCUT2D eigenvalue weighted by molar-refractivity contribution is 7.91. The Morgan fingerprint density at radius 1 is 1.35 bits per heavy atom.